The first-order chi connectivity index (χ1) is 8.67. The van der Waals surface area contributed by atoms with E-state index in [0.29, 0.717) is 11.5 Å². The third-order valence-corrected chi connectivity index (χ3v) is 2.91. The Labute approximate surface area is 106 Å². The van der Waals surface area contributed by atoms with E-state index in [1.165, 1.54) is 0 Å². The van der Waals surface area contributed by atoms with Gasteiger partial charge in [0.25, 0.3) is 0 Å². The van der Waals surface area contributed by atoms with Crippen molar-refractivity contribution in [3.05, 3.63) is 35.7 Å². The summed E-state index contributed by atoms with van der Waals surface area (Å²) in [6, 6.07) is 1.84. The average Bonchev–Trinajstić information content (AvgIpc) is 2.95. The summed E-state index contributed by atoms with van der Waals surface area (Å²) in [4.78, 5) is 16.6. The average molecular weight is 246 g/mol. The smallest absolute Gasteiger partial charge is 0.246 e. The Balaban J connectivity index is 2.35. The normalized spacial score (nSPS) is 10.8. The summed E-state index contributed by atoms with van der Waals surface area (Å²) in [5.41, 5.74) is 1.52. The molecule has 2 aromatic rings. The largest absolute Gasteiger partial charge is 0.328 e. The van der Waals surface area contributed by atoms with Crippen molar-refractivity contribution in [1.82, 2.24) is 19.3 Å². The molecule has 5 nitrogen and oxygen atoms in total. The number of carbonyl (C=O) groups excluding carboxylic acids is 1. The lowest BCUT2D eigenvalue weighted by molar-refractivity contribution is 0.101. The second kappa shape index (κ2) is 5.16. The quantitative estimate of drug-likeness (QED) is 0.756. The minimum absolute atomic E-state index is 0.0665. The minimum Gasteiger partial charge on any atom is -0.328 e. The molecule has 18 heavy (non-hydrogen) atoms. The van der Waals surface area contributed by atoms with Gasteiger partial charge in [0.15, 0.2) is 5.82 Å². The van der Waals surface area contributed by atoms with Gasteiger partial charge in [-0.1, -0.05) is 13.8 Å². The molecule has 0 aliphatic heterocycles. The maximum absolute atomic E-state index is 12.4. The fraction of sp³-hybridized carbons (Fsp3) is 0.462. The predicted octanol–water partition coefficient (Wildman–Crippen LogP) is 1.82. The lowest BCUT2D eigenvalue weighted by atomic mass is 10.2. The first-order valence-corrected chi connectivity index (χ1v) is 6.26. The fourth-order valence-electron chi connectivity index (χ4n) is 1.97. The molecule has 0 unspecified atom stereocenters. The molecule has 0 amide bonds. The molecule has 96 valence electrons. The Kier molecular flexibility index (Phi) is 3.60. The summed E-state index contributed by atoms with van der Waals surface area (Å²) in [6.07, 6.45) is 5.31. The van der Waals surface area contributed by atoms with Gasteiger partial charge in [0, 0.05) is 26.0 Å². The van der Waals surface area contributed by atoms with Crippen LogP contribution < -0.4 is 0 Å². The van der Waals surface area contributed by atoms with Gasteiger partial charge in [-0.15, -0.1) is 0 Å². The monoisotopic (exact) mass is 246 g/mol. The third kappa shape index (κ3) is 2.20. The highest BCUT2D eigenvalue weighted by Gasteiger charge is 2.19. The maximum atomic E-state index is 12.4. The SMILES string of the molecule is CCCn1ccnc1C(=O)c1cc(CC)nn1C. The van der Waals surface area contributed by atoms with E-state index in [4.69, 9.17) is 0 Å². The van der Waals surface area contributed by atoms with Crippen molar-refractivity contribution in [2.24, 2.45) is 7.05 Å². The molecule has 0 atom stereocenters. The predicted molar refractivity (Wildman–Crippen MR) is 68.5 cm³/mol. The highest BCUT2D eigenvalue weighted by atomic mass is 16.1. The Morgan fingerprint density at radius 2 is 2.17 bits per heavy atom. The van der Waals surface area contributed by atoms with E-state index in [9.17, 15) is 4.79 Å². The van der Waals surface area contributed by atoms with E-state index in [2.05, 4.69) is 17.0 Å². The summed E-state index contributed by atoms with van der Waals surface area (Å²) in [6.45, 7) is 4.90. The highest BCUT2D eigenvalue weighted by molar-refractivity contribution is 6.05. The Morgan fingerprint density at radius 1 is 1.39 bits per heavy atom. The van der Waals surface area contributed by atoms with Gasteiger partial charge in [-0.05, 0) is 18.9 Å². The van der Waals surface area contributed by atoms with Crippen LogP contribution in [0.1, 0.15) is 42.3 Å². The molecule has 0 saturated carbocycles. The second-order valence-electron chi connectivity index (χ2n) is 4.27. The molecule has 0 bridgehead atoms. The van der Waals surface area contributed by atoms with E-state index in [1.807, 2.05) is 23.8 Å². The first kappa shape index (κ1) is 12.5. The summed E-state index contributed by atoms with van der Waals surface area (Å²) in [5.74, 6) is 0.422. The molecule has 0 fully saturated rings. The lowest BCUT2D eigenvalue weighted by Crippen LogP contribution is -2.14. The van der Waals surface area contributed by atoms with Crippen LogP contribution in [0.2, 0.25) is 0 Å². The Morgan fingerprint density at radius 3 is 2.78 bits per heavy atom. The zero-order valence-electron chi connectivity index (χ0n) is 11.1. The van der Waals surface area contributed by atoms with Gasteiger partial charge >= 0.3 is 0 Å². The minimum atomic E-state index is -0.0665. The van der Waals surface area contributed by atoms with Gasteiger partial charge in [-0.25, -0.2) is 4.98 Å². The van der Waals surface area contributed by atoms with Gasteiger partial charge in [-0.3, -0.25) is 9.48 Å². The molecular weight excluding hydrogens is 228 g/mol. The first-order valence-electron chi connectivity index (χ1n) is 6.26. The third-order valence-electron chi connectivity index (χ3n) is 2.91. The van der Waals surface area contributed by atoms with Crippen molar-refractivity contribution < 1.29 is 4.79 Å². The number of ketones is 1. The molecule has 0 aromatic carbocycles. The molecule has 2 rings (SSSR count). The zero-order valence-corrected chi connectivity index (χ0v) is 11.1. The van der Waals surface area contributed by atoms with Crippen LogP contribution in [0.25, 0.3) is 0 Å². The van der Waals surface area contributed by atoms with Gasteiger partial charge < -0.3 is 4.57 Å². The van der Waals surface area contributed by atoms with Crippen molar-refractivity contribution in [2.75, 3.05) is 0 Å². The van der Waals surface area contributed by atoms with E-state index in [-0.39, 0.29) is 5.78 Å². The van der Waals surface area contributed by atoms with Crippen LogP contribution in [0.4, 0.5) is 0 Å². The van der Waals surface area contributed by atoms with Crippen molar-refractivity contribution in [1.29, 1.82) is 0 Å². The van der Waals surface area contributed by atoms with Gasteiger partial charge in [-0.2, -0.15) is 5.10 Å². The molecule has 0 spiro atoms. The number of aryl methyl sites for hydroxylation is 3. The van der Waals surface area contributed by atoms with Gasteiger partial charge in [0.2, 0.25) is 5.78 Å². The van der Waals surface area contributed by atoms with Gasteiger partial charge in [0.05, 0.1) is 5.69 Å². The van der Waals surface area contributed by atoms with Crippen LogP contribution in [0, 0.1) is 0 Å². The molecule has 0 N–H and O–H groups in total. The lowest BCUT2D eigenvalue weighted by Gasteiger charge is -2.05. The van der Waals surface area contributed by atoms with Crippen molar-refractivity contribution >= 4 is 5.78 Å². The van der Waals surface area contributed by atoms with Gasteiger partial charge in [0.1, 0.15) is 5.69 Å². The van der Waals surface area contributed by atoms with E-state index >= 15 is 0 Å². The number of hydrogen-bond donors (Lipinski definition) is 0. The van der Waals surface area contributed by atoms with Crippen LogP contribution in [-0.2, 0) is 20.0 Å². The van der Waals surface area contributed by atoms with E-state index in [0.717, 1.165) is 25.1 Å². The van der Waals surface area contributed by atoms with Crippen LogP contribution >= 0.6 is 0 Å². The summed E-state index contributed by atoms with van der Waals surface area (Å²) >= 11 is 0. The number of imidazole rings is 1. The molecular formula is C13H18N4O. The van der Waals surface area contributed by atoms with Crippen LogP contribution in [-0.4, -0.2) is 25.1 Å². The topological polar surface area (TPSA) is 52.7 Å². The number of carbonyl (C=O) groups is 1. The number of rotatable bonds is 5. The molecule has 0 aliphatic carbocycles. The second-order valence-corrected chi connectivity index (χ2v) is 4.27. The molecule has 2 aromatic heterocycles. The molecule has 2 heterocycles. The van der Waals surface area contributed by atoms with Crippen LogP contribution in [0.3, 0.4) is 0 Å². The van der Waals surface area contributed by atoms with Crippen LogP contribution in [0.5, 0.6) is 0 Å². The van der Waals surface area contributed by atoms with E-state index in [1.54, 1.807) is 17.9 Å². The summed E-state index contributed by atoms with van der Waals surface area (Å²) < 4.78 is 3.52. The molecule has 5 heteroatoms. The summed E-state index contributed by atoms with van der Waals surface area (Å²) in [7, 11) is 1.79. The fourth-order valence-corrected chi connectivity index (χ4v) is 1.97. The molecule has 0 radical (unpaired) electrons. The number of hydrogen-bond acceptors (Lipinski definition) is 3. The standard InChI is InChI=1S/C13H18N4O/c1-4-7-17-8-6-14-13(17)12(18)11-9-10(5-2)15-16(11)3/h6,8-9H,4-5,7H2,1-3H3. The highest BCUT2D eigenvalue weighted by Crippen LogP contribution is 2.10. The van der Waals surface area contributed by atoms with Crippen LogP contribution in [0.15, 0.2) is 18.5 Å². The molecule has 0 saturated heterocycles. The van der Waals surface area contributed by atoms with E-state index < -0.39 is 0 Å². The Bertz CT molecular complexity index is 553. The molecule has 0 aliphatic rings. The van der Waals surface area contributed by atoms with Crippen molar-refractivity contribution in [3.63, 3.8) is 0 Å². The zero-order chi connectivity index (χ0) is 13.1. The number of nitrogens with zero attached hydrogens (tertiary/aromatic N) is 4. The maximum Gasteiger partial charge on any atom is 0.246 e. The van der Waals surface area contributed by atoms with Crippen molar-refractivity contribution in [3.8, 4) is 0 Å². The Hall–Kier alpha value is -1.91. The number of aromatic nitrogens is 4. The van der Waals surface area contributed by atoms with Crippen molar-refractivity contribution in [2.45, 2.75) is 33.2 Å². The summed E-state index contributed by atoms with van der Waals surface area (Å²) in [5, 5.41) is 4.29.